The summed E-state index contributed by atoms with van der Waals surface area (Å²) in [6.07, 6.45) is 1.87. The molecule has 0 aliphatic carbocycles. The second-order valence-corrected chi connectivity index (χ2v) is 7.18. The molecule has 0 spiro atoms. The molecule has 0 fully saturated rings. The highest BCUT2D eigenvalue weighted by Gasteiger charge is 2.26. The van der Waals surface area contributed by atoms with Crippen molar-refractivity contribution in [3.63, 3.8) is 0 Å². The summed E-state index contributed by atoms with van der Waals surface area (Å²) in [6, 6.07) is 13.0. The Bertz CT molecular complexity index is 589. The molecular formula is C19H25N. The Morgan fingerprint density at radius 3 is 2.05 bits per heavy atom. The molecule has 0 bridgehead atoms. The molecule has 106 valence electrons. The molecule has 0 saturated carbocycles. The van der Waals surface area contributed by atoms with Crippen molar-refractivity contribution < 1.29 is 0 Å². The fraction of sp³-hybridized carbons (Fsp3) is 0.421. The monoisotopic (exact) mass is 267 g/mol. The van der Waals surface area contributed by atoms with Gasteiger partial charge >= 0.3 is 0 Å². The predicted molar refractivity (Wildman–Crippen MR) is 86.2 cm³/mol. The summed E-state index contributed by atoms with van der Waals surface area (Å²) in [5.74, 6) is 0. The third kappa shape index (κ3) is 2.92. The molecule has 0 aliphatic heterocycles. The Kier molecular flexibility index (Phi) is 3.73. The average molecular weight is 267 g/mol. The maximum absolute atomic E-state index is 4.55. The molecule has 0 amide bonds. The van der Waals surface area contributed by atoms with Gasteiger partial charge in [0.15, 0.2) is 0 Å². The summed E-state index contributed by atoms with van der Waals surface area (Å²) in [5.41, 5.74) is 5.24. The number of rotatable bonds is 2. The lowest BCUT2D eigenvalue weighted by atomic mass is 9.77. The molecule has 0 aliphatic rings. The maximum atomic E-state index is 4.55. The lowest BCUT2D eigenvalue weighted by Crippen LogP contribution is -2.22. The molecule has 20 heavy (non-hydrogen) atoms. The van der Waals surface area contributed by atoms with Crippen LogP contribution in [0.4, 0.5) is 0 Å². The fourth-order valence-electron chi connectivity index (χ4n) is 2.46. The van der Waals surface area contributed by atoms with Gasteiger partial charge in [-0.2, -0.15) is 0 Å². The minimum absolute atomic E-state index is 0.0761. The van der Waals surface area contributed by atoms with Crippen LogP contribution < -0.4 is 0 Å². The Morgan fingerprint density at radius 1 is 0.850 bits per heavy atom. The predicted octanol–water partition coefficient (Wildman–Crippen LogP) is 5.01. The van der Waals surface area contributed by atoms with Crippen molar-refractivity contribution in [1.29, 1.82) is 0 Å². The molecule has 0 atom stereocenters. The van der Waals surface area contributed by atoms with Crippen LogP contribution in [0.1, 0.15) is 57.0 Å². The Hall–Kier alpha value is -1.63. The van der Waals surface area contributed by atoms with Gasteiger partial charge in [-0.15, -0.1) is 0 Å². The maximum Gasteiger partial charge on any atom is 0.0503 e. The van der Waals surface area contributed by atoms with Gasteiger partial charge in [0, 0.05) is 11.6 Å². The number of hydrogen-bond acceptors (Lipinski definition) is 1. The molecule has 1 heteroatoms. The zero-order valence-electron chi connectivity index (χ0n) is 13.5. The molecule has 1 aromatic heterocycles. The van der Waals surface area contributed by atoms with Crippen molar-refractivity contribution in [3.8, 4) is 0 Å². The quantitative estimate of drug-likeness (QED) is 0.745. The molecule has 0 N–H and O–H groups in total. The van der Waals surface area contributed by atoms with Crippen LogP contribution in [0.3, 0.4) is 0 Å². The highest BCUT2D eigenvalue weighted by molar-refractivity contribution is 5.41. The van der Waals surface area contributed by atoms with Crippen molar-refractivity contribution in [2.75, 3.05) is 0 Å². The van der Waals surface area contributed by atoms with Gasteiger partial charge in [0.2, 0.25) is 0 Å². The molecule has 1 aromatic carbocycles. The van der Waals surface area contributed by atoms with Crippen LogP contribution in [0.5, 0.6) is 0 Å². The van der Waals surface area contributed by atoms with Crippen LogP contribution in [0, 0.1) is 6.92 Å². The third-order valence-corrected chi connectivity index (χ3v) is 3.97. The highest BCUT2D eigenvalue weighted by atomic mass is 14.7. The first kappa shape index (κ1) is 14.8. The number of aromatic nitrogens is 1. The Morgan fingerprint density at radius 2 is 1.50 bits per heavy atom. The molecule has 0 unspecified atom stereocenters. The van der Waals surface area contributed by atoms with Gasteiger partial charge in [-0.3, -0.25) is 4.98 Å². The summed E-state index contributed by atoms with van der Waals surface area (Å²) in [5, 5.41) is 0. The fourth-order valence-corrected chi connectivity index (χ4v) is 2.46. The topological polar surface area (TPSA) is 12.9 Å². The van der Waals surface area contributed by atoms with E-state index in [0.29, 0.717) is 0 Å². The van der Waals surface area contributed by atoms with Gasteiger partial charge < -0.3 is 0 Å². The van der Waals surface area contributed by atoms with Gasteiger partial charge in [0.1, 0.15) is 0 Å². The molecule has 2 rings (SSSR count). The molecule has 0 saturated heterocycles. The molecule has 1 heterocycles. The number of pyridine rings is 1. The van der Waals surface area contributed by atoms with Crippen molar-refractivity contribution in [3.05, 3.63) is 65.0 Å². The van der Waals surface area contributed by atoms with E-state index >= 15 is 0 Å². The number of hydrogen-bond donors (Lipinski definition) is 0. The summed E-state index contributed by atoms with van der Waals surface area (Å²) in [7, 11) is 0. The zero-order valence-corrected chi connectivity index (χ0v) is 13.5. The van der Waals surface area contributed by atoms with Crippen LogP contribution in [0.15, 0.2) is 42.6 Å². The number of nitrogens with zero attached hydrogens (tertiary/aromatic N) is 1. The summed E-state index contributed by atoms with van der Waals surface area (Å²) in [6.45, 7) is 13.5. The van der Waals surface area contributed by atoms with Crippen molar-refractivity contribution in [2.24, 2.45) is 0 Å². The van der Waals surface area contributed by atoms with Gasteiger partial charge in [0.05, 0.1) is 5.69 Å². The average Bonchev–Trinajstić information content (AvgIpc) is 2.38. The van der Waals surface area contributed by atoms with Gasteiger partial charge in [-0.25, -0.2) is 0 Å². The van der Waals surface area contributed by atoms with Crippen LogP contribution >= 0.6 is 0 Å². The van der Waals surface area contributed by atoms with Crippen LogP contribution in [0.2, 0.25) is 0 Å². The Labute approximate surface area is 123 Å². The van der Waals surface area contributed by atoms with Gasteiger partial charge in [-0.05, 0) is 35.6 Å². The molecule has 0 radical (unpaired) electrons. The van der Waals surface area contributed by atoms with Crippen LogP contribution in [-0.2, 0) is 10.8 Å². The first-order valence-electron chi connectivity index (χ1n) is 7.25. The van der Waals surface area contributed by atoms with Crippen LogP contribution in [0.25, 0.3) is 0 Å². The van der Waals surface area contributed by atoms with E-state index < -0.39 is 0 Å². The lowest BCUT2D eigenvalue weighted by molar-refractivity contribution is 0.577. The normalized spacial score (nSPS) is 12.5. The first-order valence-corrected chi connectivity index (χ1v) is 7.25. The standard InChI is InChI=1S/C19H25N/c1-14-11-15(18(2,3)4)13-16(12-14)19(5,6)17-9-7-8-10-20-17/h7-13H,1-6H3. The second-order valence-electron chi connectivity index (χ2n) is 7.18. The zero-order chi connectivity index (χ0) is 15.0. The lowest BCUT2D eigenvalue weighted by Gasteiger charge is -2.28. The largest absolute Gasteiger partial charge is 0.260 e. The third-order valence-electron chi connectivity index (χ3n) is 3.97. The minimum atomic E-state index is -0.0761. The van der Waals surface area contributed by atoms with E-state index in [1.807, 2.05) is 12.3 Å². The number of benzene rings is 1. The van der Waals surface area contributed by atoms with E-state index in [0.717, 1.165) is 5.69 Å². The molecule has 2 aromatic rings. The highest BCUT2D eigenvalue weighted by Crippen LogP contribution is 2.34. The summed E-state index contributed by atoms with van der Waals surface area (Å²) in [4.78, 5) is 4.55. The van der Waals surface area contributed by atoms with Gasteiger partial charge in [-0.1, -0.05) is 64.4 Å². The van der Waals surface area contributed by atoms with Crippen molar-refractivity contribution in [1.82, 2.24) is 4.98 Å². The van der Waals surface area contributed by atoms with E-state index in [9.17, 15) is 0 Å². The SMILES string of the molecule is Cc1cc(C(C)(C)C)cc(C(C)(C)c2ccccn2)c1. The van der Waals surface area contributed by atoms with E-state index in [-0.39, 0.29) is 10.8 Å². The van der Waals surface area contributed by atoms with E-state index in [1.54, 1.807) is 0 Å². The molecular weight excluding hydrogens is 242 g/mol. The van der Waals surface area contributed by atoms with E-state index in [4.69, 9.17) is 0 Å². The van der Waals surface area contributed by atoms with Crippen molar-refractivity contribution >= 4 is 0 Å². The van der Waals surface area contributed by atoms with Crippen LogP contribution in [-0.4, -0.2) is 4.98 Å². The summed E-state index contributed by atoms with van der Waals surface area (Å²) >= 11 is 0. The van der Waals surface area contributed by atoms with E-state index in [1.165, 1.54) is 16.7 Å². The second kappa shape index (κ2) is 5.05. The number of aryl methyl sites for hydroxylation is 1. The van der Waals surface area contributed by atoms with Crippen molar-refractivity contribution in [2.45, 2.75) is 52.4 Å². The minimum Gasteiger partial charge on any atom is -0.260 e. The Balaban J connectivity index is 2.55. The van der Waals surface area contributed by atoms with E-state index in [2.05, 4.69) is 76.9 Å². The molecule has 1 nitrogen and oxygen atoms in total. The first-order chi connectivity index (χ1) is 9.21. The summed E-state index contributed by atoms with van der Waals surface area (Å²) < 4.78 is 0. The smallest absolute Gasteiger partial charge is 0.0503 e. The van der Waals surface area contributed by atoms with Gasteiger partial charge in [0.25, 0.3) is 0 Å².